The molecule has 7 nitrogen and oxygen atoms in total. The van der Waals surface area contributed by atoms with Gasteiger partial charge in [0.15, 0.2) is 0 Å². The van der Waals surface area contributed by atoms with Crippen LogP contribution in [0.2, 0.25) is 0 Å². The maximum Gasteiger partial charge on any atom is 0.494 e. The van der Waals surface area contributed by atoms with E-state index in [0.717, 1.165) is 5.56 Å². The summed E-state index contributed by atoms with van der Waals surface area (Å²) in [5, 5.41) is 0. The summed E-state index contributed by atoms with van der Waals surface area (Å²) in [6, 6.07) is 11.6. The molecule has 1 saturated heterocycles. The normalized spacial score (nSPS) is 18.3. The fraction of sp³-hybridized carbons (Fsp3) is 0.455. The summed E-state index contributed by atoms with van der Waals surface area (Å²) in [4.78, 5) is 0. The predicted molar refractivity (Wildman–Crippen MR) is 123 cm³/mol. The van der Waals surface area contributed by atoms with Gasteiger partial charge in [-0.3, -0.25) is 4.72 Å². The third-order valence-corrected chi connectivity index (χ3v) is 6.88. The van der Waals surface area contributed by atoms with Crippen molar-refractivity contribution in [2.45, 2.75) is 57.7 Å². The van der Waals surface area contributed by atoms with Gasteiger partial charge in [0.05, 0.1) is 24.0 Å². The number of nitrogens with one attached hydrogen (secondary N) is 1. The summed E-state index contributed by atoms with van der Waals surface area (Å²) in [7, 11) is -4.08. The fourth-order valence-corrected chi connectivity index (χ4v) is 3.74. The van der Waals surface area contributed by atoms with Crippen LogP contribution in [0.5, 0.6) is 11.5 Å². The topological polar surface area (TPSA) is 83.1 Å². The third-order valence-electron chi connectivity index (χ3n) is 5.91. The maximum absolute atomic E-state index is 13.0. The van der Waals surface area contributed by atoms with Crippen LogP contribution < -0.4 is 19.7 Å². The molecule has 3 rings (SSSR count). The molecule has 1 aliphatic rings. The molecule has 1 atom stereocenters. The van der Waals surface area contributed by atoms with Gasteiger partial charge in [-0.05, 0) is 69.9 Å². The first-order valence-electron chi connectivity index (χ1n) is 10.4. The van der Waals surface area contributed by atoms with E-state index in [0.29, 0.717) is 11.2 Å². The average Bonchev–Trinajstić information content (AvgIpc) is 2.96. The van der Waals surface area contributed by atoms with Crippen molar-refractivity contribution in [1.82, 2.24) is 0 Å². The first kappa shape index (κ1) is 25.3. The van der Waals surface area contributed by atoms with Crippen LogP contribution in [0, 0.1) is 0 Å². The molecule has 0 aliphatic carbocycles. The number of sulfonamides is 1. The number of benzene rings is 2. The van der Waals surface area contributed by atoms with E-state index in [1.807, 2.05) is 32.4 Å². The molecule has 0 aromatic heterocycles. The lowest BCUT2D eigenvalue weighted by Crippen LogP contribution is -2.41. The fourth-order valence-electron chi connectivity index (χ4n) is 3.18. The van der Waals surface area contributed by atoms with E-state index in [1.54, 1.807) is 44.4 Å². The number of halogens is 2. The number of ether oxygens (including phenoxy) is 2. The van der Waals surface area contributed by atoms with Crippen molar-refractivity contribution in [2.75, 3.05) is 11.8 Å². The summed E-state index contributed by atoms with van der Waals surface area (Å²) in [6.07, 6.45) is -0.528. The largest absolute Gasteiger partial charge is 0.497 e. The summed E-state index contributed by atoms with van der Waals surface area (Å²) in [5.74, 6) is -2.86. The van der Waals surface area contributed by atoms with Crippen molar-refractivity contribution in [2.24, 2.45) is 0 Å². The molecule has 180 valence electrons. The van der Waals surface area contributed by atoms with E-state index < -0.39 is 40.2 Å². The molecule has 11 heteroatoms. The van der Waals surface area contributed by atoms with E-state index in [4.69, 9.17) is 18.8 Å². The van der Waals surface area contributed by atoms with E-state index in [1.165, 1.54) is 12.1 Å². The van der Waals surface area contributed by atoms with E-state index in [9.17, 15) is 17.2 Å². The molecule has 0 amide bonds. The molecule has 33 heavy (non-hydrogen) atoms. The molecule has 1 heterocycles. The minimum Gasteiger partial charge on any atom is -0.497 e. The zero-order valence-electron chi connectivity index (χ0n) is 19.4. The van der Waals surface area contributed by atoms with Crippen molar-refractivity contribution >= 4 is 28.3 Å². The number of rotatable bonds is 8. The molecule has 2 aromatic carbocycles. The van der Waals surface area contributed by atoms with Crippen LogP contribution in [0.1, 0.15) is 46.3 Å². The molecule has 0 unspecified atom stereocenters. The third kappa shape index (κ3) is 5.42. The Labute approximate surface area is 193 Å². The Balaban J connectivity index is 1.95. The average molecular weight is 483 g/mol. The second-order valence-electron chi connectivity index (χ2n) is 8.78. The molecule has 0 bridgehead atoms. The zero-order chi connectivity index (χ0) is 24.6. The molecule has 0 spiro atoms. The van der Waals surface area contributed by atoms with Gasteiger partial charge in [-0.1, -0.05) is 18.2 Å². The molecule has 1 fully saturated rings. The SMILES string of the molecule is COc1ccc([C@H](C)Oc2cc(B3OC(C)(C)C(C)(C)O3)ccc2NS(=O)(=O)C(F)F)cc1. The summed E-state index contributed by atoms with van der Waals surface area (Å²) in [6.45, 7) is 9.37. The zero-order valence-corrected chi connectivity index (χ0v) is 20.2. The van der Waals surface area contributed by atoms with Crippen LogP contribution in [0.15, 0.2) is 42.5 Å². The highest BCUT2D eigenvalue weighted by Gasteiger charge is 2.51. The Morgan fingerprint density at radius 3 is 2.09 bits per heavy atom. The van der Waals surface area contributed by atoms with E-state index in [2.05, 4.69) is 0 Å². The van der Waals surface area contributed by atoms with Gasteiger partial charge in [0, 0.05) is 0 Å². The Hall–Kier alpha value is -2.37. The van der Waals surface area contributed by atoms with Gasteiger partial charge in [-0.2, -0.15) is 8.78 Å². The Morgan fingerprint density at radius 2 is 1.58 bits per heavy atom. The monoisotopic (exact) mass is 483 g/mol. The standard InChI is InChI=1S/C22H28BF2NO6S/c1-14(15-7-10-17(29-6)11-8-15)30-19-13-16(23-31-21(2,3)22(4,5)32-23)9-12-18(19)26-33(27,28)20(24)25/h7-14,20,26H,1-6H3/t14-/m0/s1. The van der Waals surface area contributed by atoms with Crippen LogP contribution in [0.3, 0.4) is 0 Å². The van der Waals surface area contributed by atoms with Gasteiger partial charge in [0.2, 0.25) is 0 Å². The first-order chi connectivity index (χ1) is 15.3. The Kier molecular flexibility index (Phi) is 6.98. The molecule has 1 N–H and O–H groups in total. The highest BCUT2D eigenvalue weighted by molar-refractivity contribution is 7.93. The second kappa shape index (κ2) is 9.11. The Morgan fingerprint density at radius 1 is 1.00 bits per heavy atom. The lowest BCUT2D eigenvalue weighted by atomic mass is 9.79. The second-order valence-corrected chi connectivity index (χ2v) is 10.4. The molecular formula is C22H28BF2NO6S. The van der Waals surface area contributed by atoms with E-state index in [-0.39, 0.29) is 11.4 Å². The molecule has 0 saturated carbocycles. The number of hydrogen-bond donors (Lipinski definition) is 1. The van der Waals surface area contributed by atoms with Gasteiger partial charge in [-0.25, -0.2) is 8.42 Å². The molecule has 0 radical (unpaired) electrons. The smallest absolute Gasteiger partial charge is 0.494 e. The number of alkyl halides is 2. The van der Waals surface area contributed by atoms with Crippen molar-refractivity contribution in [3.63, 3.8) is 0 Å². The quantitative estimate of drug-likeness (QED) is 0.570. The van der Waals surface area contributed by atoms with E-state index >= 15 is 0 Å². The Bertz CT molecular complexity index is 1080. The van der Waals surface area contributed by atoms with Gasteiger partial charge >= 0.3 is 12.9 Å². The van der Waals surface area contributed by atoms with Crippen molar-refractivity contribution < 1.29 is 36.0 Å². The number of hydrogen-bond acceptors (Lipinski definition) is 6. The van der Waals surface area contributed by atoms with Crippen LogP contribution >= 0.6 is 0 Å². The van der Waals surface area contributed by atoms with Crippen molar-refractivity contribution in [3.05, 3.63) is 48.0 Å². The van der Waals surface area contributed by atoms with Crippen LogP contribution in [-0.2, 0) is 19.3 Å². The van der Waals surface area contributed by atoms with Gasteiger partial charge in [0.1, 0.15) is 17.6 Å². The number of methoxy groups -OCH3 is 1. The first-order valence-corrected chi connectivity index (χ1v) is 11.9. The van der Waals surface area contributed by atoms with Gasteiger partial charge in [0.25, 0.3) is 10.0 Å². The van der Waals surface area contributed by atoms with Crippen molar-refractivity contribution in [1.29, 1.82) is 0 Å². The summed E-state index contributed by atoms with van der Waals surface area (Å²) < 4.78 is 74.8. The molecule has 2 aromatic rings. The summed E-state index contributed by atoms with van der Waals surface area (Å²) in [5.41, 5.74) is 0.0387. The predicted octanol–water partition coefficient (Wildman–Crippen LogP) is 4.10. The molecule has 1 aliphatic heterocycles. The highest BCUT2D eigenvalue weighted by Crippen LogP contribution is 2.37. The summed E-state index contributed by atoms with van der Waals surface area (Å²) >= 11 is 0. The van der Waals surface area contributed by atoms with Crippen LogP contribution in [0.4, 0.5) is 14.5 Å². The highest BCUT2D eigenvalue weighted by atomic mass is 32.2. The lowest BCUT2D eigenvalue weighted by Gasteiger charge is -2.32. The molecular weight excluding hydrogens is 455 g/mol. The van der Waals surface area contributed by atoms with Gasteiger partial charge < -0.3 is 18.8 Å². The van der Waals surface area contributed by atoms with Crippen LogP contribution in [0.25, 0.3) is 0 Å². The maximum atomic E-state index is 13.0. The van der Waals surface area contributed by atoms with Gasteiger partial charge in [-0.15, -0.1) is 0 Å². The number of anilines is 1. The van der Waals surface area contributed by atoms with Crippen molar-refractivity contribution in [3.8, 4) is 11.5 Å². The lowest BCUT2D eigenvalue weighted by molar-refractivity contribution is 0.00578. The minimum atomic E-state index is -4.89. The minimum absolute atomic E-state index is 0.0646. The van der Waals surface area contributed by atoms with Crippen LogP contribution in [-0.4, -0.2) is 39.6 Å².